The molecule has 1 saturated carbocycles. The summed E-state index contributed by atoms with van der Waals surface area (Å²) in [6, 6.07) is 10.2. The first kappa shape index (κ1) is 12.9. The number of oxime groups is 1. The van der Waals surface area contributed by atoms with Crippen LogP contribution in [0, 0.1) is 11.8 Å². The van der Waals surface area contributed by atoms with Crippen molar-refractivity contribution < 1.29 is 9.63 Å². The second-order valence-electron chi connectivity index (χ2n) is 7.23. The summed E-state index contributed by atoms with van der Waals surface area (Å²) >= 11 is 0. The molecule has 4 unspecified atom stereocenters. The number of amides is 1. The number of carbonyl (C=O) groups is 1. The topological polar surface area (TPSA) is 41.9 Å². The zero-order chi connectivity index (χ0) is 14.8. The van der Waals surface area contributed by atoms with Crippen LogP contribution in [-0.2, 0) is 9.63 Å². The minimum Gasteiger partial charge on any atom is -0.389 e. The van der Waals surface area contributed by atoms with Gasteiger partial charge in [0.2, 0.25) is 5.91 Å². The summed E-state index contributed by atoms with van der Waals surface area (Å²) in [5.74, 6) is 0.423. The Kier molecular flexibility index (Phi) is 2.51. The number of rotatable bonds is 1. The SMILES string of the molecule is CC(C)(C)N1C(=O)C2CC1C1ON=C(c3ccccc3)C21. The fourth-order valence-electron chi connectivity index (χ4n) is 4.20. The van der Waals surface area contributed by atoms with Crippen molar-refractivity contribution in [2.75, 3.05) is 0 Å². The normalized spacial score (nSPS) is 34.0. The molecule has 3 aliphatic rings. The van der Waals surface area contributed by atoms with Gasteiger partial charge in [0.25, 0.3) is 0 Å². The fourth-order valence-corrected chi connectivity index (χ4v) is 4.20. The number of benzene rings is 1. The molecule has 2 heterocycles. The highest BCUT2D eigenvalue weighted by Crippen LogP contribution is 2.50. The van der Waals surface area contributed by atoms with Gasteiger partial charge in [-0.3, -0.25) is 4.79 Å². The maximum atomic E-state index is 12.7. The number of likely N-dealkylation sites (tertiary alicyclic amines) is 1. The smallest absolute Gasteiger partial charge is 0.227 e. The average molecular weight is 284 g/mol. The molecule has 2 aliphatic heterocycles. The molecule has 2 fully saturated rings. The maximum Gasteiger partial charge on any atom is 0.227 e. The number of fused-ring (bicyclic) bond motifs is 5. The average Bonchev–Trinajstić information content (AvgIpc) is 3.07. The molecule has 1 aliphatic carbocycles. The molecule has 0 spiro atoms. The van der Waals surface area contributed by atoms with Gasteiger partial charge in [0.1, 0.15) is 0 Å². The summed E-state index contributed by atoms with van der Waals surface area (Å²) in [6.45, 7) is 6.28. The van der Waals surface area contributed by atoms with E-state index in [1.807, 2.05) is 35.2 Å². The Balaban J connectivity index is 1.68. The second-order valence-corrected chi connectivity index (χ2v) is 7.23. The molecule has 4 rings (SSSR count). The third-order valence-electron chi connectivity index (χ3n) is 4.93. The third kappa shape index (κ3) is 1.68. The predicted molar refractivity (Wildman–Crippen MR) is 79.8 cm³/mol. The summed E-state index contributed by atoms with van der Waals surface area (Å²) in [6.07, 6.45) is 0.930. The van der Waals surface area contributed by atoms with Crippen molar-refractivity contribution in [2.24, 2.45) is 17.0 Å². The van der Waals surface area contributed by atoms with Gasteiger partial charge in [-0.05, 0) is 32.8 Å². The van der Waals surface area contributed by atoms with Crippen LogP contribution in [0.4, 0.5) is 0 Å². The first-order valence-corrected chi connectivity index (χ1v) is 7.61. The number of hydrogen-bond donors (Lipinski definition) is 0. The van der Waals surface area contributed by atoms with E-state index in [1.54, 1.807) is 0 Å². The van der Waals surface area contributed by atoms with Crippen molar-refractivity contribution in [2.45, 2.75) is 44.9 Å². The molecule has 21 heavy (non-hydrogen) atoms. The van der Waals surface area contributed by atoms with E-state index in [2.05, 4.69) is 25.9 Å². The van der Waals surface area contributed by atoms with E-state index < -0.39 is 0 Å². The molecule has 0 N–H and O–H groups in total. The number of nitrogens with zero attached hydrogens (tertiary/aromatic N) is 2. The molecule has 0 aromatic heterocycles. The molecule has 2 bridgehead atoms. The molecule has 4 nitrogen and oxygen atoms in total. The number of piperidine rings is 1. The van der Waals surface area contributed by atoms with Crippen molar-refractivity contribution >= 4 is 11.6 Å². The molecule has 1 saturated heterocycles. The number of hydrogen-bond acceptors (Lipinski definition) is 3. The Morgan fingerprint density at radius 2 is 1.95 bits per heavy atom. The monoisotopic (exact) mass is 284 g/mol. The van der Waals surface area contributed by atoms with Crippen molar-refractivity contribution in [1.29, 1.82) is 0 Å². The van der Waals surface area contributed by atoms with Gasteiger partial charge in [0.05, 0.1) is 23.6 Å². The fraction of sp³-hybridized carbons (Fsp3) is 0.529. The van der Waals surface area contributed by atoms with E-state index in [9.17, 15) is 4.79 Å². The van der Waals surface area contributed by atoms with Crippen molar-refractivity contribution in [1.82, 2.24) is 4.90 Å². The highest BCUT2D eigenvalue weighted by atomic mass is 16.6. The van der Waals surface area contributed by atoms with Gasteiger partial charge >= 0.3 is 0 Å². The summed E-state index contributed by atoms with van der Waals surface area (Å²) in [5.41, 5.74) is 1.88. The molecule has 0 radical (unpaired) electrons. The van der Waals surface area contributed by atoms with Crippen LogP contribution in [0.15, 0.2) is 35.5 Å². The molecule has 1 amide bonds. The molecular weight excluding hydrogens is 264 g/mol. The summed E-state index contributed by atoms with van der Waals surface area (Å²) in [5, 5.41) is 4.32. The first-order chi connectivity index (χ1) is 9.98. The largest absolute Gasteiger partial charge is 0.389 e. The molecule has 1 aromatic carbocycles. The van der Waals surface area contributed by atoms with Gasteiger partial charge in [0, 0.05) is 5.54 Å². The van der Waals surface area contributed by atoms with Gasteiger partial charge in [-0.2, -0.15) is 0 Å². The molecule has 1 aromatic rings. The summed E-state index contributed by atoms with van der Waals surface area (Å²) in [4.78, 5) is 20.5. The standard InChI is InChI=1S/C17H20N2O2/c1-17(2,3)19-12-9-11(16(19)20)13-14(18-21-15(12)13)10-7-5-4-6-8-10/h4-8,11-13,15H,9H2,1-3H3. The predicted octanol–water partition coefficient (Wildman–Crippen LogP) is 2.43. The lowest BCUT2D eigenvalue weighted by molar-refractivity contribution is -0.146. The maximum absolute atomic E-state index is 12.7. The summed E-state index contributed by atoms with van der Waals surface area (Å²) in [7, 11) is 0. The zero-order valence-electron chi connectivity index (χ0n) is 12.6. The second kappa shape index (κ2) is 4.09. The van der Waals surface area contributed by atoms with Crippen molar-refractivity contribution in [3.8, 4) is 0 Å². The molecule has 4 heteroatoms. The highest BCUT2D eigenvalue weighted by Gasteiger charge is 2.63. The summed E-state index contributed by atoms with van der Waals surface area (Å²) < 4.78 is 0. The van der Waals surface area contributed by atoms with E-state index >= 15 is 0 Å². The Hall–Kier alpha value is -1.84. The minimum atomic E-state index is -0.152. The molecule has 110 valence electrons. The van der Waals surface area contributed by atoms with Crippen LogP contribution in [0.3, 0.4) is 0 Å². The van der Waals surface area contributed by atoms with Crippen LogP contribution in [-0.4, -0.2) is 34.2 Å². The lowest BCUT2D eigenvalue weighted by atomic mass is 9.83. The van der Waals surface area contributed by atoms with E-state index in [-0.39, 0.29) is 35.4 Å². The van der Waals surface area contributed by atoms with E-state index in [0.717, 1.165) is 17.7 Å². The van der Waals surface area contributed by atoms with Crippen LogP contribution in [0.25, 0.3) is 0 Å². The van der Waals surface area contributed by atoms with Gasteiger partial charge in [-0.15, -0.1) is 0 Å². The molecule has 4 atom stereocenters. The zero-order valence-corrected chi connectivity index (χ0v) is 12.6. The van der Waals surface area contributed by atoms with Crippen LogP contribution in [0.1, 0.15) is 32.8 Å². The van der Waals surface area contributed by atoms with Crippen LogP contribution >= 0.6 is 0 Å². The Morgan fingerprint density at radius 1 is 1.24 bits per heavy atom. The Bertz CT molecular complexity index is 617. The van der Waals surface area contributed by atoms with E-state index in [4.69, 9.17) is 4.84 Å². The lowest BCUT2D eigenvalue weighted by Gasteiger charge is -2.42. The van der Waals surface area contributed by atoms with Crippen LogP contribution < -0.4 is 0 Å². The van der Waals surface area contributed by atoms with Crippen LogP contribution in [0.5, 0.6) is 0 Å². The van der Waals surface area contributed by atoms with Crippen LogP contribution in [0.2, 0.25) is 0 Å². The quantitative estimate of drug-likeness (QED) is 0.795. The van der Waals surface area contributed by atoms with Gasteiger partial charge in [-0.25, -0.2) is 0 Å². The highest BCUT2D eigenvalue weighted by molar-refractivity contribution is 6.06. The van der Waals surface area contributed by atoms with Gasteiger partial charge in [-0.1, -0.05) is 35.5 Å². The Morgan fingerprint density at radius 3 is 2.62 bits per heavy atom. The number of carbonyl (C=O) groups excluding carboxylic acids is 1. The third-order valence-corrected chi connectivity index (χ3v) is 4.93. The first-order valence-electron chi connectivity index (χ1n) is 7.61. The molecular formula is C17H20N2O2. The lowest BCUT2D eigenvalue weighted by Crippen LogP contribution is -2.56. The van der Waals surface area contributed by atoms with Crippen molar-refractivity contribution in [3.05, 3.63) is 35.9 Å². The van der Waals surface area contributed by atoms with Crippen molar-refractivity contribution in [3.63, 3.8) is 0 Å². The van der Waals surface area contributed by atoms with E-state index in [0.29, 0.717) is 0 Å². The van der Waals surface area contributed by atoms with Gasteiger partial charge < -0.3 is 9.74 Å². The van der Waals surface area contributed by atoms with E-state index in [1.165, 1.54) is 0 Å². The van der Waals surface area contributed by atoms with Gasteiger partial charge in [0.15, 0.2) is 6.10 Å². The Labute approximate surface area is 124 Å². The minimum absolute atomic E-state index is 0.0284.